The number of halogens is 1. The summed E-state index contributed by atoms with van der Waals surface area (Å²) in [6, 6.07) is 1.98. The first-order valence-corrected chi connectivity index (χ1v) is 8.05. The average Bonchev–Trinajstić information content (AvgIpc) is 2.97. The van der Waals surface area contributed by atoms with E-state index in [0.717, 1.165) is 40.8 Å². The van der Waals surface area contributed by atoms with Crippen LogP contribution in [0.3, 0.4) is 0 Å². The Balaban J connectivity index is 0.00000312. The summed E-state index contributed by atoms with van der Waals surface area (Å²) in [5, 5.41) is 10.7. The van der Waals surface area contributed by atoms with E-state index in [2.05, 4.69) is 25.7 Å². The maximum Gasteiger partial charge on any atom is 0.191 e. The van der Waals surface area contributed by atoms with E-state index in [1.54, 1.807) is 13.3 Å². The highest BCUT2D eigenvalue weighted by Gasteiger charge is 2.09. The molecule has 2 aromatic rings. The molecule has 0 aliphatic heterocycles. The standard InChI is InChI=1S/C17H26N6O.HI/c1-6-18-17(20-10-14-7-8-22-23(14)4)21-11-15-13(3)16(24-5)12(2)9-19-15;/h7-9H,6,10-11H2,1-5H3,(H2,18,20,21);1H. The van der Waals surface area contributed by atoms with Crippen molar-refractivity contribution < 1.29 is 4.74 Å². The van der Waals surface area contributed by atoms with E-state index in [-0.39, 0.29) is 24.0 Å². The van der Waals surface area contributed by atoms with Gasteiger partial charge in [-0.1, -0.05) is 0 Å². The Morgan fingerprint density at radius 2 is 2.08 bits per heavy atom. The van der Waals surface area contributed by atoms with Gasteiger partial charge in [0, 0.05) is 37.1 Å². The highest BCUT2D eigenvalue weighted by atomic mass is 127. The molecule has 138 valence electrons. The molecule has 2 heterocycles. The lowest BCUT2D eigenvalue weighted by Gasteiger charge is -2.13. The third-order valence-corrected chi connectivity index (χ3v) is 3.84. The second-order valence-electron chi connectivity index (χ2n) is 5.54. The molecule has 0 aliphatic carbocycles. The van der Waals surface area contributed by atoms with Crippen LogP contribution in [0.2, 0.25) is 0 Å². The molecule has 0 fully saturated rings. The Morgan fingerprint density at radius 3 is 2.68 bits per heavy atom. The molecule has 0 bridgehead atoms. The smallest absolute Gasteiger partial charge is 0.191 e. The van der Waals surface area contributed by atoms with Crippen molar-refractivity contribution in [3.05, 3.63) is 41.0 Å². The number of aliphatic imine (C=N–C) groups is 1. The van der Waals surface area contributed by atoms with Gasteiger partial charge in [0.15, 0.2) is 5.96 Å². The first kappa shape index (κ1) is 21.2. The number of hydrogen-bond acceptors (Lipinski definition) is 4. The molecule has 0 saturated carbocycles. The number of aryl methyl sites for hydroxylation is 2. The van der Waals surface area contributed by atoms with Gasteiger partial charge in [0.2, 0.25) is 0 Å². The number of nitrogens with one attached hydrogen (secondary N) is 2. The minimum Gasteiger partial charge on any atom is -0.496 e. The first-order valence-electron chi connectivity index (χ1n) is 8.05. The van der Waals surface area contributed by atoms with Crippen LogP contribution >= 0.6 is 24.0 Å². The van der Waals surface area contributed by atoms with Crippen LogP contribution in [0.25, 0.3) is 0 Å². The zero-order valence-corrected chi connectivity index (χ0v) is 17.8. The molecular weight excluding hydrogens is 431 g/mol. The number of methoxy groups -OCH3 is 1. The summed E-state index contributed by atoms with van der Waals surface area (Å²) in [5.74, 6) is 1.63. The number of hydrogen-bond donors (Lipinski definition) is 2. The largest absolute Gasteiger partial charge is 0.496 e. The van der Waals surface area contributed by atoms with E-state index in [9.17, 15) is 0 Å². The zero-order chi connectivity index (χ0) is 17.5. The second kappa shape index (κ2) is 10.2. The first-order chi connectivity index (χ1) is 11.6. The van der Waals surface area contributed by atoms with Gasteiger partial charge in [0.1, 0.15) is 5.75 Å². The van der Waals surface area contributed by atoms with Crippen molar-refractivity contribution in [3.63, 3.8) is 0 Å². The topological polar surface area (TPSA) is 76.4 Å². The summed E-state index contributed by atoms with van der Waals surface area (Å²) in [6.45, 7) is 7.99. The van der Waals surface area contributed by atoms with Crippen molar-refractivity contribution in [2.45, 2.75) is 33.9 Å². The number of ether oxygens (including phenoxy) is 1. The molecule has 25 heavy (non-hydrogen) atoms. The van der Waals surface area contributed by atoms with Gasteiger partial charge in [0.25, 0.3) is 0 Å². The van der Waals surface area contributed by atoms with E-state index in [0.29, 0.717) is 13.1 Å². The van der Waals surface area contributed by atoms with E-state index < -0.39 is 0 Å². The fraction of sp³-hybridized carbons (Fsp3) is 0.471. The molecule has 8 heteroatoms. The van der Waals surface area contributed by atoms with Crippen LogP contribution in [0, 0.1) is 13.8 Å². The van der Waals surface area contributed by atoms with E-state index in [4.69, 9.17) is 4.74 Å². The van der Waals surface area contributed by atoms with Crippen LogP contribution in [0.5, 0.6) is 5.75 Å². The monoisotopic (exact) mass is 458 g/mol. The molecule has 0 saturated heterocycles. The van der Waals surface area contributed by atoms with Crippen LogP contribution in [0.4, 0.5) is 0 Å². The molecular formula is C17H27IN6O. The number of rotatable bonds is 6. The lowest BCUT2D eigenvalue weighted by atomic mass is 10.1. The second-order valence-corrected chi connectivity index (χ2v) is 5.54. The van der Waals surface area contributed by atoms with Gasteiger partial charge < -0.3 is 15.4 Å². The number of pyridine rings is 1. The minimum atomic E-state index is 0. The normalized spacial score (nSPS) is 11.0. The summed E-state index contributed by atoms with van der Waals surface area (Å²) in [4.78, 5) is 9.11. The lowest BCUT2D eigenvalue weighted by molar-refractivity contribution is 0.407. The highest BCUT2D eigenvalue weighted by molar-refractivity contribution is 14.0. The molecule has 2 aromatic heterocycles. The van der Waals surface area contributed by atoms with Gasteiger partial charge in [-0.15, -0.1) is 24.0 Å². The Kier molecular flexibility index (Phi) is 8.67. The SMILES string of the molecule is CCNC(=NCc1ncc(C)c(OC)c1C)NCc1ccnn1C.I. The summed E-state index contributed by atoms with van der Waals surface area (Å²) in [5.41, 5.74) is 4.06. The zero-order valence-electron chi connectivity index (χ0n) is 15.5. The van der Waals surface area contributed by atoms with Crippen molar-refractivity contribution in [2.24, 2.45) is 12.0 Å². The maximum atomic E-state index is 5.45. The highest BCUT2D eigenvalue weighted by Crippen LogP contribution is 2.24. The summed E-state index contributed by atoms with van der Waals surface area (Å²) < 4.78 is 7.29. The van der Waals surface area contributed by atoms with Crippen molar-refractivity contribution in [1.82, 2.24) is 25.4 Å². The quantitative estimate of drug-likeness (QED) is 0.395. The molecule has 7 nitrogen and oxygen atoms in total. The Bertz CT molecular complexity index is 713. The number of aromatic nitrogens is 3. The third kappa shape index (κ3) is 5.58. The maximum absolute atomic E-state index is 5.45. The minimum absolute atomic E-state index is 0. The summed E-state index contributed by atoms with van der Waals surface area (Å²) in [6.07, 6.45) is 3.61. The Morgan fingerprint density at radius 1 is 1.32 bits per heavy atom. The summed E-state index contributed by atoms with van der Waals surface area (Å²) in [7, 11) is 3.61. The van der Waals surface area contributed by atoms with Gasteiger partial charge in [-0.3, -0.25) is 9.67 Å². The molecule has 0 aliphatic rings. The van der Waals surface area contributed by atoms with Crippen LogP contribution < -0.4 is 15.4 Å². The average molecular weight is 458 g/mol. The number of guanidine groups is 1. The molecule has 0 radical (unpaired) electrons. The van der Waals surface area contributed by atoms with Gasteiger partial charge in [-0.2, -0.15) is 5.10 Å². The fourth-order valence-electron chi connectivity index (χ4n) is 2.48. The van der Waals surface area contributed by atoms with Crippen LogP contribution in [0.15, 0.2) is 23.5 Å². The number of nitrogens with zero attached hydrogens (tertiary/aromatic N) is 4. The summed E-state index contributed by atoms with van der Waals surface area (Å²) >= 11 is 0. The van der Waals surface area contributed by atoms with E-state index in [1.165, 1.54) is 0 Å². The fourth-order valence-corrected chi connectivity index (χ4v) is 2.48. The molecule has 0 spiro atoms. The van der Waals surface area contributed by atoms with E-state index >= 15 is 0 Å². The molecule has 0 amide bonds. The molecule has 2 N–H and O–H groups in total. The Hall–Kier alpha value is -1.84. The Labute approximate surface area is 166 Å². The third-order valence-electron chi connectivity index (χ3n) is 3.84. The lowest BCUT2D eigenvalue weighted by Crippen LogP contribution is -2.37. The van der Waals surface area contributed by atoms with Crippen molar-refractivity contribution in [2.75, 3.05) is 13.7 Å². The van der Waals surface area contributed by atoms with Crippen molar-refractivity contribution >= 4 is 29.9 Å². The molecule has 0 atom stereocenters. The van der Waals surface area contributed by atoms with Gasteiger partial charge in [-0.05, 0) is 26.8 Å². The molecule has 0 aromatic carbocycles. The van der Waals surface area contributed by atoms with Gasteiger partial charge in [-0.25, -0.2) is 4.99 Å². The van der Waals surface area contributed by atoms with Crippen LogP contribution in [-0.4, -0.2) is 34.4 Å². The predicted molar refractivity (Wildman–Crippen MR) is 111 cm³/mol. The molecule has 2 rings (SSSR count). The van der Waals surface area contributed by atoms with Crippen LogP contribution in [0.1, 0.15) is 29.4 Å². The van der Waals surface area contributed by atoms with Crippen molar-refractivity contribution in [3.8, 4) is 5.75 Å². The predicted octanol–water partition coefficient (Wildman–Crippen LogP) is 2.31. The van der Waals surface area contributed by atoms with Gasteiger partial charge in [0.05, 0.1) is 31.6 Å². The van der Waals surface area contributed by atoms with E-state index in [1.807, 2.05) is 44.8 Å². The van der Waals surface area contributed by atoms with Crippen LogP contribution in [-0.2, 0) is 20.1 Å². The van der Waals surface area contributed by atoms with Gasteiger partial charge >= 0.3 is 0 Å². The van der Waals surface area contributed by atoms with Crippen molar-refractivity contribution in [1.29, 1.82) is 0 Å². The molecule has 0 unspecified atom stereocenters.